The summed E-state index contributed by atoms with van der Waals surface area (Å²) in [5, 5.41) is 5.16. The van der Waals surface area contributed by atoms with Gasteiger partial charge in [-0.25, -0.2) is 0 Å². The summed E-state index contributed by atoms with van der Waals surface area (Å²) < 4.78 is 5.11. The van der Waals surface area contributed by atoms with Gasteiger partial charge in [0.15, 0.2) is 0 Å². The quantitative estimate of drug-likeness (QED) is 0.159. The van der Waals surface area contributed by atoms with Gasteiger partial charge in [0.25, 0.3) is 0 Å². The Morgan fingerprint density at radius 2 is 1.06 bits per heavy atom. The normalized spacial score (nSPS) is 13.0. The number of benzene rings is 7. The highest BCUT2D eigenvalue weighted by Crippen LogP contribution is 2.42. The summed E-state index contributed by atoms with van der Waals surface area (Å²) in [6, 6.07) is 56.4. The number of rotatable bonds is 7. The topological polar surface area (TPSA) is 9.86 Å². The van der Waals surface area contributed by atoms with Gasteiger partial charge in [0.2, 0.25) is 0 Å². The summed E-state index contributed by atoms with van der Waals surface area (Å²) in [5.41, 5.74) is 16.5. The molecule has 0 N–H and O–H groups in total. The van der Waals surface area contributed by atoms with Crippen molar-refractivity contribution < 1.29 is 0 Å². The van der Waals surface area contributed by atoms with Crippen LogP contribution in [0.4, 0.5) is 0 Å². The number of aryl methyl sites for hydroxylation is 3. The Morgan fingerprint density at radius 3 is 1.71 bits per heavy atom. The molecule has 0 amide bonds. The van der Waals surface area contributed by atoms with Crippen LogP contribution in [0.15, 0.2) is 152 Å². The fourth-order valence-corrected chi connectivity index (χ4v) is 8.97. The average Bonchev–Trinajstić information content (AvgIpc) is 3.68. The van der Waals surface area contributed by atoms with Crippen LogP contribution in [0.1, 0.15) is 42.5 Å². The summed E-state index contributed by atoms with van der Waals surface area (Å²) in [7, 11) is 0. The Labute approximate surface area is 306 Å². The molecule has 2 aromatic heterocycles. The smallest absolute Gasteiger partial charge is 0.0541 e. The second-order valence-electron chi connectivity index (χ2n) is 15.0. The molecule has 0 saturated heterocycles. The Balaban J connectivity index is 1.27. The molecular formula is C50H44N2. The number of para-hydroxylation sites is 2. The molecule has 0 aliphatic carbocycles. The summed E-state index contributed by atoms with van der Waals surface area (Å²) >= 11 is 0. The zero-order chi connectivity index (χ0) is 35.6. The Bertz CT molecular complexity index is 2700. The van der Waals surface area contributed by atoms with E-state index in [-0.39, 0.29) is 5.54 Å². The van der Waals surface area contributed by atoms with E-state index < -0.39 is 0 Å². The molecule has 0 saturated carbocycles. The van der Waals surface area contributed by atoms with Gasteiger partial charge in [-0.15, -0.1) is 0 Å². The van der Waals surface area contributed by atoms with Crippen LogP contribution >= 0.6 is 0 Å². The van der Waals surface area contributed by atoms with Crippen molar-refractivity contribution in [3.8, 4) is 27.9 Å². The van der Waals surface area contributed by atoms with E-state index in [1.54, 1.807) is 0 Å². The first kappa shape index (κ1) is 32.1. The van der Waals surface area contributed by atoms with Gasteiger partial charge >= 0.3 is 0 Å². The highest BCUT2D eigenvalue weighted by Gasteiger charge is 2.30. The lowest BCUT2D eigenvalue weighted by Gasteiger charge is -2.33. The van der Waals surface area contributed by atoms with Crippen LogP contribution < -0.4 is 0 Å². The van der Waals surface area contributed by atoms with E-state index >= 15 is 0 Å². The minimum atomic E-state index is -0.176. The minimum absolute atomic E-state index is 0.176. The van der Waals surface area contributed by atoms with Gasteiger partial charge in [-0.05, 0) is 116 Å². The summed E-state index contributed by atoms with van der Waals surface area (Å²) in [6.45, 7) is 11.5. The van der Waals surface area contributed by atoms with Crippen molar-refractivity contribution in [2.24, 2.45) is 0 Å². The van der Waals surface area contributed by atoms with Gasteiger partial charge in [0.05, 0.1) is 16.6 Å². The van der Waals surface area contributed by atoms with Crippen LogP contribution in [0.25, 0.3) is 71.6 Å². The summed E-state index contributed by atoms with van der Waals surface area (Å²) in [4.78, 5) is 0. The van der Waals surface area contributed by atoms with E-state index in [0.717, 1.165) is 12.8 Å². The van der Waals surface area contributed by atoms with Crippen LogP contribution in [-0.4, -0.2) is 9.13 Å². The lowest BCUT2D eigenvalue weighted by Crippen LogP contribution is -2.31. The maximum atomic E-state index is 2.67. The second kappa shape index (κ2) is 12.4. The van der Waals surface area contributed by atoms with Crippen molar-refractivity contribution in [3.05, 3.63) is 174 Å². The van der Waals surface area contributed by atoms with Crippen LogP contribution in [-0.2, 0) is 12.0 Å². The van der Waals surface area contributed by atoms with E-state index in [1.807, 2.05) is 0 Å². The van der Waals surface area contributed by atoms with Crippen molar-refractivity contribution in [1.29, 1.82) is 0 Å². The van der Waals surface area contributed by atoms with Crippen LogP contribution in [0.5, 0.6) is 0 Å². The van der Waals surface area contributed by atoms with Gasteiger partial charge < -0.3 is 9.13 Å². The molecular weight excluding hydrogens is 629 g/mol. The molecule has 0 aliphatic rings. The number of aromatic nitrogens is 2. The number of nitrogens with zero attached hydrogens (tertiary/aromatic N) is 2. The molecule has 0 radical (unpaired) electrons. The molecule has 2 heteroatoms. The molecule has 7 aromatic carbocycles. The van der Waals surface area contributed by atoms with Crippen molar-refractivity contribution in [3.63, 3.8) is 0 Å². The Hall–Kier alpha value is -5.86. The Kier molecular flexibility index (Phi) is 7.66. The first-order chi connectivity index (χ1) is 25.3. The maximum absolute atomic E-state index is 2.67. The third-order valence-electron chi connectivity index (χ3n) is 11.5. The van der Waals surface area contributed by atoms with Gasteiger partial charge in [-0.3, -0.25) is 0 Å². The predicted molar refractivity (Wildman–Crippen MR) is 223 cm³/mol. The number of hydrogen-bond donors (Lipinski definition) is 0. The fourth-order valence-electron chi connectivity index (χ4n) is 8.97. The average molecular weight is 673 g/mol. The molecule has 9 rings (SSSR count). The third-order valence-corrected chi connectivity index (χ3v) is 11.5. The molecule has 1 unspecified atom stereocenters. The molecule has 52 heavy (non-hydrogen) atoms. The molecule has 0 spiro atoms. The maximum Gasteiger partial charge on any atom is 0.0541 e. The van der Waals surface area contributed by atoms with Gasteiger partial charge in [-0.2, -0.15) is 0 Å². The molecule has 254 valence electrons. The fraction of sp³-hybridized carbons (Fsp3) is 0.160. The second-order valence-corrected chi connectivity index (χ2v) is 15.0. The van der Waals surface area contributed by atoms with Crippen molar-refractivity contribution in [1.82, 2.24) is 9.13 Å². The first-order valence-corrected chi connectivity index (χ1v) is 18.6. The lowest BCUT2D eigenvalue weighted by molar-refractivity contribution is 0.322. The highest BCUT2D eigenvalue weighted by atomic mass is 15.1. The van der Waals surface area contributed by atoms with E-state index in [9.17, 15) is 0 Å². The first-order valence-electron chi connectivity index (χ1n) is 18.6. The molecule has 9 aromatic rings. The minimum Gasteiger partial charge on any atom is -0.334 e. The SMILES string of the molecule is CCC(C)(Cc1ccc(-c2ccccc2)cc1)n1c2ccc(-c3c(C)cc(C)cc3C)cc2c2ccc(-n3c4ccccc4c4ccccc43)cc21. The third kappa shape index (κ3) is 5.16. The molecule has 2 nitrogen and oxygen atoms in total. The van der Waals surface area contributed by atoms with E-state index in [4.69, 9.17) is 0 Å². The molecule has 2 heterocycles. The molecule has 0 aliphatic heterocycles. The van der Waals surface area contributed by atoms with Crippen LogP contribution in [0, 0.1) is 20.8 Å². The summed E-state index contributed by atoms with van der Waals surface area (Å²) in [5.74, 6) is 0. The van der Waals surface area contributed by atoms with Crippen LogP contribution in [0.3, 0.4) is 0 Å². The van der Waals surface area contributed by atoms with Crippen LogP contribution in [0.2, 0.25) is 0 Å². The standard InChI is InChI=1S/C50H44N2/c1-6-50(5,32-36-20-22-38(23-21-36)37-14-8-7-9-15-37)52-47-27-24-39(49-34(3)28-33(2)29-35(49)4)30-44(47)43-26-25-40(31-48(43)52)51-45-18-12-10-16-41(45)42-17-11-13-19-46(42)51/h7-31H,6,32H2,1-5H3. The lowest BCUT2D eigenvalue weighted by atomic mass is 9.88. The van der Waals surface area contributed by atoms with Crippen molar-refractivity contribution in [2.45, 2.75) is 53.0 Å². The number of fused-ring (bicyclic) bond motifs is 6. The van der Waals surface area contributed by atoms with Crippen molar-refractivity contribution in [2.75, 3.05) is 0 Å². The monoisotopic (exact) mass is 672 g/mol. The van der Waals surface area contributed by atoms with Gasteiger partial charge in [0, 0.05) is 38.3 Å². The molecule has 1 atom stereocenters. The van der Waals surface area contributed by atoms with E-state index in [0.29, 0.717) is 0 Å². The van der Waals surface area contributed by atoms with Crippen molar-refractivity contribution >= 4 is 43.6 Å². The molecule has 0 fully saturated rings. The molecule has 0 bridgehead atoms. The highest BCUT2D eigenvalue weighted by molar-refractivity contribution is 6.12. The van der Waals surface area contributed by atoms with E-state index in [2.05, 4.69) is 195 Å². The zero-order valence-electron chi connectivity index (χ0n) is 30.7. The van der Waals surface area contributed by atoms with E-state index in [1.165, 1.54) is 93.8 Å². The predicted octanol–water partition coefficient (Wildman–Crippen LogP) is 13.5. The zero-order valence-corrected chi connectivity index (χ0v) is 30.7. The largest absolute Gasteiger partial charge is 0.334 e. The van der Waals surface area contributed by atoms with Gasteiger partial charge in [-0.1, -0.05) is 128 Å². The Morgan fingerprint density at radius 1 is 0.481 bits per heavy atom. The number of hydrogen-bond acceptors (Lipinski definition) is 0. The van der Waals surface area contributed by atoms with Gasteiger partial charge in [0.1, 0.15) is 0 Å². The summed E-state index contributed by atoms with van der Waals surface area (Å²) in [6.07, 6.45) is 1.92.